The molecule has 1 N–H and O–H groups in total. The first-order valence-corrected chi connectivity index (χ1v) is 6.46. The molecule has 0 aliphatic carbocycles. The molecule has 18 heavy (non-hydrogen) atoms. The van der Waals surface area contributed by atoms with Crippen LogP contribution in [0.25, 0.3) is 0 Å². The van der Waals surface area contributed by atoms with Gasteiger partial charge < -0.3 is 10.1 Å². The van der Waals surface area contributed by atoms with Gasteiger partial charge in [0.15, 0.2) is 0 Å². The van der Waals surface area contributed by atoms with Gasteiger partial charge in [-0.3, -0.25) is 0 Å². The molecule has 2 rings (SSSR count). The van der Waals surface area contributed by atoms with Gasteiger partial charge in [0.2, 0.25) is 0 Å². The molecule has 1 heterocycles. The fourth-order valence-corrected chi connectivity index (χ4v) is 2.45. The quantitative estimate of drug-likeness (QED) is 0.873. The molecule has 1 saturated heterocycles. The Bertz CT molecular complexity index is 391. The maximum absolute atomic E-state index is 13.8. The third kappa shape index (κ3) is 3.27. The largest absolute Gasteiger partial charge is 0.381 e. The van der Waals surface area contributed by atoms with E-state index in [1.807, 2.05) is 6.92 Å². The van der Waals surface area contributed by atoms with E-state index in [1.165, 1.54) is 12.1 Å². The molecule has 4 heteroatoms. The molecular weight excluding hydrogens is 236 g/mol. The van der Waals surface area contributed by atoms with E-state index < -0.39 is 5.82 Å². The SMILES string of the molecule is CCNC(CC1CCOC1)c1cc(F)ccc1F. The van der Waals surface area contributed by atoms with Gasteiger partial charge in [-0.25, -0.2) is 8.78 Å². The second-order valence-electron chi connectivity index (χ2n) is 4.74. The van der Waals surface area contributed by atoms with Crippen molar-refractivity contribution < 1.29 is 13.5 Å². The number of hydrogen-bond acceptors (Lipinski definition) is 2. The van der Waals surface area contributed by atoms with E-state index in [0.29, 0.717) is 11.5 Å². The Morgan fingerprint density at radius 3 is 2.94 bits per heavy atom. The second kappa shape index (κ2) is 6.25. The summed E-state index contributed by atoms with van der Waals surface area (Å²) in [6.45, 7) is 4.19. The van der Waals surface area contributed by atoms with Crippen LogP contribution in [0.3, 0.4) is 0 Å². The Morgan fingerprint density at radius 2 is 2.28 bits per heavy atom. The highest BCUT2D eigenvalue weighted by molar-refractivity contribution is 5.22. The number of nitrogens with one attached hydrogen (secondary N) is 1. The van der Waals surface area contributed by atoms with Crippen LogP contribution < -0.4 is 5.32 Å². The smallest absolute Gasteiger partial charge is 0.128 e. The lowest BCUT2D eigenvalue weighted by Gasteiger charge is -2.21. The summed E-state index contributed by atoms with van der Waals surface area (Å²) in [5, 5.41) is 3.23. The topological polar surface area (TPSA) is 21.3 Å². The van der Waals surface area contributed by atoms with Crippen molar-refractivity contribution >= 4 is 0 Å². The van der Waals surface area contributed by atoms with Gasteiger partial charge in [-0.15, -0.1) is 0 Å². The summed E-state index contributed by atoms with van der Waals surface area (Å²) in [7, 11) is 0. The first-order chi connectivity index (χ1) is 8.70. The monoisotopic (exact) mass is 255 g/mol. The van der Waals surface area contributed by atoms with Crippen LogP contribution in [0.15, 0.2) is 18.2 Å². The minimum Gasteiger partial charge on any atom is -0.381 e. The predicted molar refractivity (Wildman–Crippen MR) is 66.3 cm³/mol. The highest BCUT2D eigenvalue weighted by Crippen LogP contribution is 2.28. The maximum Gasteiger partial charge on any atom is 0.128 e. The van der Waals surface area contributed by atoms with E-state index in [1.54, 1.807) is 0 Å². The van der Waals surface area contributed by atoms with Crippen molar-refractivity contribution in [1.29, 1.82) is 0 Å². The molecule has 100 valence electrons. The second-order valence-corrected chi connectivity index (χ2v) is 4.74. The van der Waals surface area contributed by atoms with Gasteiger partial charge >= 0.3 is 0 Å². The van der Waals surface area contributed by atoms with Crippen LogP contribution in [-0.2, 0) is 4.74 Å². The Labute approximate surface area is 106 Å². The number of ether oxygens (including phenoxy) is 1. The number of rotatable bonds is 5. The Morgan fingerprint density at radius 1 is 1.44 bits per heavy atom. The summed E-state index contributed by atoms with van der Waals surface area (Å²) in [6, 6.07) is 3.50. The normalized spacial score (nSPS) is 21.2. The highest BCUT2D eigenvalue weighted by atomic mass is 19.1. The molecule has 1 aromatic carbocycles. The molecule has 1 aliphatic heterocycles. The third-order valence-corrected chi connectivity index (χ3v) is 3.38. The number of halogens is 2. The first-order valence-electron chi connectivity index (χ1n) is 6.46. The first kappa shape index (κ1) is 13.4. The molecule has 0 spiro atoms. The lowest BCUT2D eigenvalue weighted by atomic mass is 9.93. The predicted octanol–water partition coefficient (Wildman–Crippen LogP) is 3.04. The van der Waals surface area contributed by atoms with E-state index >= 15 is 0 Å². The van der Waals surface area contributed by atoms with Crippen LogP contribution in [0.5, 0.6) is 0 Å². The van der Waals surface area contributed by atoms with Crippen LogP contribution in [0.4, 0.5) is 8.78 Å². The molecule has 0 aromatic heterocycles. The summed E-state index contributed by atoms with van der Waals surface area (Å²) in [6.07, 6.45) is 1.78. The van der Waals surface area contributed by atoms with E-state index in [9.17, 15) is 8.78 Å². The van der Waals surface area contributed by atoms with Crippen LogP contribution >= 0.6 is 0 Å². The molecule has 2 nitrogen and oxygen atoms in total. The molecular formula is C14H19F2NO. The molecule has 2 atom stereocenters. The van der Waals surface area contributed by atoms with Gasteiger partial charge in [0.1, 0.15) is 11.6 Å². The van der Waals surface area contributed by atoms with Gasteiger partial charge in [-0.2, -0.15) is 0 Å². The maximum atomic E-state index is 13.8. The fourth-order valence-electron chi connectivity index (χ4n) is 2.45. The van der Waals surface area contributed by atoms with E-state index in [2.05, 4.69) is 5.32 Å². The Hall–Kier alpha value is -1.00. The van der Waals surface area contributed by atoms with Gasteiger partial charge in [-0.05, 0) is 43.5 Å². The Balaban J connectivity index is 2.14. The summed E-state index contributed by atoms with van der Waals surface area (Å²) in [4.78, 5) is 0. The van der Waals surface area contributed by atoms with E-state index in [4.69, 9.17) is 4.74 Å². The Kier molecular flexibility index (Phi) is 4.66. The zero-order valence-corrected chi connectivity index (χ0v) is 10.6. The zero-order chi connectivity index (χ0) is 13.0. The zero-order valence-electron chi connectivity index (χ0n) is 10.6. The minimum absolute atomic E-state index is 0.141. The van der Waals surface area contributed by atoms with Crippen molar-refractivity contribution in [3.63, 3.8) is 0 Å². The third-order valence-electron chi connectivity index (χ3n) is 3.38. The molecule has 1 aromatic rings. The standard InChI is InChI=1S/C14H19F2NO/c1-2-17-14(7-10-5-6-18-9-10)12-8-11(15)3-4-13(12)16/h3-4,8,10,14,17H,2,5-7,9H2,1H3. The summed E-state index contributed by atoms with van der Waals surface area (Å²) in [5.41, 5.74) is 0.420. The van der Waals surface area contributed by atoms with Crippen molar-refractivity contribution in [3.05, 3.63) is 35.4 Å². The van der Waals surface area contributed by atoms with Crippen LogP contribution in [0.2, 0.25) is 0 Å². The van der Waals surface area contributed by atoms with Crippen molar-refractivity contribution in [1.82, 2.24) is 5.32 Å². The molecule has 0 amide bonds. The molecule has 0 bridgehead atoms. The number of hydrogen-bond donors (Lipinski definition) is 1. The van der Waals surface area contributed by atoms with Crippen molar-refractivity contribution in [3.8, 4) is 0 Å². The minimum atomic E-state index is -0.392. The highest BCUT2D eigenvalue weighted by Gasteiger charge is 2.23. The lowest BCUT2D eigenvalue weighted by molar-refractivity contribution is 0.181. The number of benzene rings is 1. The van der Waals surface area contributed by atoms with Gasteiger partial charge in [0, 0.05) is 24.8 Å². The van der Waals surface area contributed by atoms with Crippen LogP contribution in [0.1, 0.15) is 31.4 Å². The van der Waals surface area contributed by atoms with Crippen molar-refractivity contribution in [2.75, 3.05) is 19.8 Å². The van der Waals surface area contributed by atoms with Gasteiger partial charge in [0.05, 0.1) is 0 Å². The average molecular weight is 255 g/mol. The van der Waals surface area contributed by atoms with Gasteiger partial charge in [0.25, 0.3) is 0 Å². The molecule has 1 fully saturated rings. The summed E-state index contributed by atoms with van der Waals surface area (Å²) in [5.74, 6) is -0.310. The molecule has 0 saturated carbocycles. The molecule has 0 radical (unpaired) electrons. The summed E-state index contributed by atoms with van der Waals surface area (Å²) < 4.78 is 32.4. The van der Waals surface area contributed by atoms with Crippen molar-refractivity contribution in [2.24, 2.45) is 5.92 Å². The van der Waals surface area contributed by atoms with Crippen molar-refractivity contribution in [2.45, 2.75) is 25.8 Å². The van der Waals surface area contributed by atoms with E-state index in [0.717, 1.165) is 38.7 Å². The summed E-state index contributed by atoms with van der Waals surface area (Å²) >= 11 is 0. The molecule has 1 aliphatic rings. The van der Waals surface area contributed by atoms with E-state index in [-0.39, 0.29) is 11.9 Å². The average Bonchev–Trinajstić information content (AvgIpc) is 2.85. The molecule has 2 unspecified atom stereocenters. The van der Waals surface area contributed by atoms with Crippen LogP contribution in [0, 0.1) is 17.6 Å². The van der Waals surface area contributed by atoms with Gasteiger partial charge in [-0.1, -0.05) is 6.92 Å². The lowest BCUT2D eigenvalue weighted by Crippen LogP contribution is -2.24. The fraction of sp³-hybridized carbons (Fsp3) is 0.571. The van der Waals surface area contributed by atoms with Crippen LogP contribution in [-0.4, -0.2) is 19.8 Å².